The van der Waals surface area contributed by atoms with Crippen molar-refractivity contribution in [1.29, 1.82) is 0 Å². The van der Waals surface area contributed by atoms with Gasteiger partial charge in [0.25, 0.3) is 0 Å². The first kappa shape index (κ1) is 38.4. The third kappa shape index (κ3) is 11.5. The number of ether oxygens (including phenoxy) is 4. The first-order valence-electron chi connectivity index (χ1n) is 16.8. The van der Waals surface area contributed by atoms with Gasteiger partial charge in [0, 0.05) is 26.0 Å². The van der Waals surface area contributed by atoms with Crippen molar-refractivity contribution in [2.45, 2.75) is 141 Å². The first-order valence-corrected chi connectivity index (χ1v) is 16.8. The van der Waals surface area contributed by atoms with E-state index in [1.54, 1.807) is 32.9 Å². The van der Waals surface area contributed by atoms with E-state index >= 15 is 0 Å². The van der Waals surface area contributed by atoms with Crippen molar-refractivity contribution in [3.63, 3.8) is 0 Å². The minimum absolute atomic E-state index is 0.0307. The van der Waals surface area contributed by atoms with Crippen LogP contribution < -0.4 is 16.0 Å². The molecular formula is C35H55N3O9. The fraction of sp³-hybridized carbons (Fsp3) is 0.714. The van der Waals surface area contributed by atoms with Crippen LogP contribution >= 0.6 is 0 Å². The molecule has 3 rings (SSSR count). The molecule has 3 aliphatic rings. The average Bonchev–Trinajstić information content (AvgIpc) is 3.75. The largest absolute Gasteiger partial charge is 0.459 e. The Hall–Kier alpha value is -3.06. The summed E-state index contributed by atoms with van der Waals surface area (Å²) < 4.78 is 23.1. The molecule has 9 unspecified atom stereocenters. The monoisotopic (exact) mass is 661 g/mol. The molecule has 3 saturated heterocycles. The lowest BCUT2D eigenvalue weighted by Crippen LogP contribution is -2.56. The summed E-state index contributed by atoms with van der Waals surface area (Å²) in [5.41, 5.74) is -0.823. The minimum atomic E-state index is -1.06. The molecular weight excluding hydrogens is 606 g/mol. The molecule has 47 heavy (non-hydrogen) atoms. The van der Waals surface area contributed by atoms with Gasteiger partial charge in [-0.15, -0.1) is 0 Å². The fourth-order valence-corrected chi connectivity index (χ4v) is 6.01. The second-order valence-corrected chi connectivity index (χ2v) is 13.8. The van der Waals surface area contributed by atoms with Gasteiger partial charge in [0.2, 0.25) is 17.7 Å². The third-order valence-corrected chi connectivity index (χ3v) is 8.89. The highest BCUT2D eigenvalue weighted by Gasteiger charge is 2.58. The van der Waals surface area contributed by atoms with E-state index < -0.39 is 41.5 Å². The van der Waals surface area contributed by atoms with E-state index in [-0.39, 0.29) is 48.3 Å². The van der Waals surface area contributed by atoms with Gasteiger partial charge in [0.05, 0.1) is 37.4 Å². The van der Waals surface area contributed by atoms with E-state index in [0.29, 0.717) is 26.0 Å². The Morgan fingerprint density at radius 3 is 2.47 bits per heavy atom. The topological polar surface area (TPSA) is 165 Å². The molecule has 0 aromatic rings. The van der Waals surface area contributed by atoms with Gasteiger partial charge in [-0.05, 0) is 65.9 Å². The number of aliphatic hydroxyl groups is 1. The SMILES string of the molecule is CCCNC(=O)C(C)(C)NC(=O)CC1CC2(CO2)C(O)C(C=CC(C)=CCC2OC(C)C(NC(=O)C=CC(C)OC(C)=O)CC2C)O1. The van der Waals surface area contributed by atoms with Crippen LogP contribution in [0, 0.1) is 5.92 Å². The lowest BCUT2D eigenvalue weighted by Gasteiger charge is -2.39. The summed E-state index contributed by atoms with van der Waals surface area (Å²) >= 11 is 0. The number of carbonyl (C=O) groups is 4. The number of epoxide rings is 1. The highest BCUT2D eigenvalue weighted by Crippen LogP contribution is 2.43. The van der Waals surface area contributed by atoms with E-state index in [0.717, 1.165) is 18.4 Å². The zero-order valence-electron chi connectivity index (χ0n) is 29.2. The van der Waals surface area contributed by atoms with Gasteiger partial charge in [-0.2, -0.15) is 0 Å². The van der Waals surface area contributed by atoms with Crippen molar-refractivity contribution in [3.8, 4) is 0 Å². The van der Waals surface area contributed by atoms with Crippen molar-refractivity contribution in [2.24, 2.45) is 5.92 Å². The van der Waals surface area contributed by atoms with Crippen LogP contribution in [0.5, 0.6) is 0 Å². The molecule has 264 valence electrons. The maximum absolute atomic E-state index is 12.9. The van der Waals surface area contributed by atoms with Crippen molar-refractivity contribution < 1.29 is 43.2 Å². The van der Waals surface area contributed by atoms with Gasteiger partial charge < -0.3 is 40.0 Å². The van der Waals surface area contributed by atoms with Crippen molar-refractivity contribution in [3.05, 3.63) is 36.0 Å². The van der Waals surface area contributed by atoms with Crippen LogP contribution in [-0.4, -0.2) is 95.8 Å². The predicted molar refractivity (Wildman–Crippen MR) is 176 cm³/mol. The number of hydrogen-bond acceptors (Lipinski definition) is 9. The Bertz CT molecular complexity index is 1210. The zero-order chi connectivity index (χ0) is 34.9. The molecule has 0 saturated carbocycles. The van der Waals surface area contributed by atoms with Gasteiger partial charge in [0.15, 0.2) is 0 Å². The Kier molecular flexibility index (Phi) is 13.8. The minimum Gasteiger partial charge on any atom is -0.459 e. The number of amides is 3. The molecule has 12 nitrogen and oxygen atoms in total. The van der Waals surface area contributed by atoms with Gasteiger partial charge in [-0.25, -0.2) is 0 Å². The summed E-state index contributed by atoms with van der Waals surface area (Å²) in [4.78, 5) is 48.8. The molecule has 12 heteroatoms. The standard InChI is InChI=1S/C35H55N3O9/c1-9-16-36-33(43)34(7,8)38-31(41)18-26-19-35(20-44-35)32(42)29(47-26)14-11-21(2)10-13-28-22(3)17-27(24(5)46-28)37-30(40)15-12-23(4)45-25(6)39/h10-12,14-15,22-24,26-29,32,42H,9,13,16-20H2,1-8H3,(H,36,43)(H,37,40)(H,38,41). The molecule has 0 aliphatic carbocycles. The number of nitrogens with one attached hydrogen (secondary N) is 3. The summed E-state index contributed by atoms with van der Waals surface area (Å²) in [6, 6.07) is -0.145. The third-order valence-electron chi connectivity index (χ3n) is 8.89. The first-order chi connectivity index (χ1) is 22.0. The maximum Gasteiger partial charge on any atom is 0.303 e. The van der Waals surface area contributed by atoms with Crippen LogP contribution in [0.1, 0.15) is 87.5 Å². The quantitative estimate of drug-likeness (QED) is 0.0948. The molecule has 3 fully saturated rings. The summed E-state index contributed by atoms with van der Waals surface area (Å²) in [5, 5.41) is 19.6. The van der Waals surface area contributed by atoms with Crippen LogP contribution in [-0.2, 0) is 38.1 Å². The number of aliphatic hydroxyl groups excluding tert-OH is 1. The highest BCUT2D eigenvalue weighted by molar-refractivity contribution is 5.90. The van der Waals surface area contributed by atoms with Crippen LogP contribution in [0.15, 0.2) is 36.0 Å². The van der Waals surface area contributed by atoms with E-state index in [4.69, 9.17) is 18.9 Å². The van der Waals surface area contributed by atoms with E-state index in [2.05, 4.69) is 29.0 Å². The molecule has 9 atom stereocenters. The van der Waals surface area contributed by atoms with Crippen molar-refractivity contribution >= 4 is 23.7 Å². The summed E-state index contributed by atoms with van der Waals surface area (Å²) in [6.45, 7) is 15.3. The average molecular weight is 662 g/mol. The Morgan fingerprint density at radius 1 is 1.13 bits per heavy atom. The Labute approximate surface area is 279 Å². The number of rotatable bonds is 14. The number of esters is 1. The maximum atomic E-state index is 12.9. The van der Waals surface area contributed by atoms with E-state index in [1.807, 2.05) is 26.8 Å². The van der Waals surface area contributed by atoms with Gasteiger partial charge in [0.1, 0.15) is 29.5 Å². The molecule has 1 spiro atoms. The van der Waals surface area contributed by atoms with Gasteiger partial charge in [-0.3, -0.25) is 19.2 Å². The summed E-state index contributed by atoms with van der Waals surface area (Å²) in [6.07, 6.45) is 8.68. The molecule has 4 N–H and O–H groups in total. The van der Waals surface area contributed by atoms with Gasteiger partial charge in [-0.1, -0.05) is 37.6 Å². The zero-order valence-corrected chi connectivity index (χ0v) is 29.2. The van der Waals surface area contributed by atoms with Gasteiger partial charge >= 0.3 is 5.97 Å². The number of hydrogen-bond donors (Lipinski definition) is 4. The number of allylic oxidation sites excluding steroid dienone is 2. The Morgan fingerprint density at radius 2 is 1.83 bits per heavy atom. The molecule has 3 heterocycles. The molecule has 0 aromatic heterocycles. The summed E-state index contributed by atoms with van der Waals surface area (Å²) in [7, 11) is 0. The Balaban J connectivity index is 1.52. The second kappa shape index (κ2) is 16.9. The highest BCUT2D eigenvalue weighted by atomic mass is 16.6. The van der Waals surface area contributed by atoms with E-state index in [1.165, 1.54) is 13.0 Å². The molecule has 3 amide bonds. The van der Waals surface area contributed by atoms with Crippen LogP contribution in [0.4, 0.5) is 0 Å². The van der Waals surface area contributed by atoms with Crippen LogP contribution in [0.3, 0.4) is 0 Å². The van der Waals surface area contributed by atoms with Crippen LogP contribution in [0.2, 0.25) is 0 Å². The fourth-order valence-electron chi connectivity index (χ4n) is 6.01. The van der Waals surface area contributed by atoms with E-state index in [9.17, 15) is 24.3 Å². The normalized spacial score (nSPS) is 31.9. The lowest BCUT2D eigenvalue weighted by molar-refractivity contribution is -0.147. The summed E-state index contributed by atoms with van der Waals surface area (Å²) in [5.74, 6) is -1.02. The lowest BCUT2D eigenvalue weighted by atomic mass is 9.87. The predicted octanol–water partition coefficient (Wildman–Crippen LogP) is 2.78. The smallest absolute Gasteiger partial charge is 0.303 e. The molecule has 0 bridgehead atoms. The molecule has 0 radical (unpaired) electrons. The van der Waals surface area contributed by atoms with Crippen LogP contribution in [0.25, 0.3) is 0 Å². The van der Waals surface area contributed by atoms with Crippen molar-refractivity contribution in [1.82, 2.24) is 16.0 Å². The second-order valence-electron chi connectivity index (χ2n) is 13.8. The molecule has 0 aromatic carbocycles. The number of carbonyl (C=O) groups excluding carboxylic acids is 4. The molecule has 3 aliphatic heterocycles. The van der Waals surface area contributed by atoms with Crippen molar-refractivity contribution in [2.75, 3.05) is 13.2 Å².